The normalized spacial score (nSPS) is 15.6. The smallest absolute Gasteiger partial charge is 0.341 e. The Morgan fingerprint density at radius 3 is 2.76 bits per heavy atom. The van der Waals surface area contributed by atoms with Crippen molar-refractivity contribution in [2.24, 2.45) is 0 Å². The third-order valence-electron chi connectivity index (χ3n) is 3.07. The maximum atomic E-state index is 12.2. The fraction of sp³-hybridized carbons (Fsp3) is 0.188. The van der Waals surface area contributed by atoms with Crippen molar-refractivity contribution in [1.82, 2.24) is 4.90 Å². The molecule has 1 aromatic rings. The molecule has 1 aliphatic rings. The van der Waals surface area contributed by atoms with Crippen LogP contribution >= 0.6 is 23.4 Å². The van der Waals surface area contributed by atoms with Gasteiger partial charge in [0.1, 0.15) is 0 Å². The summed E-state index contributed by atoms with van der Waals surface area (Å²) in [6.45, 7) is 3.07. The lowest BCUT2D eigenvalue weighted by atomic mass is 10.1. The van der Waals surface area contributed by atoms with Crippen molar-refractivity contribution in [3.63, 3.8) is 0 Å². The Balaban J connectivity index is 2.33. The maximum absolute atomic E-state index is 12.2. The van der Waals surface area contributed by atoms with Gasteiger partial charge in [0.25, 0.3) is 11.1 Å². The van der Waals surface area contributed by atoms with Crippen molar-refractivity contribution in [3.8, 4) is 11.5 Å². The van der Waals surface area contributed by atoms with Crippen molar-refractivity contribution < 1.29 is 29.0 Å². The van der Waals surface area contributed by atoms with Gasteiger partial charge in [0, 0.05) is 6.54 Å². The predicted octanol–water partition coefficient (Wildman–Crippen LogP) is 3.03. The number of carboxylic acids is 1. The molecule has 0 aliphatic carbocycles. The van der Waals surface area contributed by atoms with Gasteiger partial charge in [0.05, 0.1) is 17.0 Å². The highest BCUT2D eigenvalue weighted by molar-refractivity contribution is 8.18. The molecule has 1 N–H and O–H groups in total. The second kappa shape index (κ2) is 8.09. The van der Waals surface area contributed by atoms with Crippen LogP contribution in [-0.4, -0.2) is 47.4 Å². The fourth-order valence-corrected chi connectivity index (χ4v) is 3.16. The van der Waals surface area contributed by atoms with Gasteiger partial charge < -0.3 is 14.6 Å². The Kier molecular flexibility index (Phi) is 6.11. The van der Waals surface area contributed by atoms with E-state index in [9.17, 15) is 14.4 Å². The van der Waals surface area contributed by atoms with Crippen LogP contribution in [0, 0.1) is 0 Å². The van der Waals surface area contributed by atoms with Crippen molar-refractivity contribution in [2.75, 3.05) is 20.3 Å². The number of aliphatic carboxylic acids is 1. The summed E-state index contributed by atoms with van der Waals surface area (Å²) in [4.78, 5) is 36.0. The first-order valence-electron chi connectivity index (χ1n) is 6.95. The number of hydrogen-bond donors (Lipinski definition) is 1. The number of hydrogen-bond acceptors (Lipinski definition) is 6. The van der Waals surface area contributed by atoms with E-state index in [2.05, 4.69) is 6.58 Å². The summed E-state index contributed by atoms with van der Waals surface area (Å²) in [6.07, 6.45) is 2.97. The number of rotatable bonds is 7. The Bertz CT molecular complexity index is 776. The molecule has 1 heterocycles. The lowest BCUT2D eigenvalue weighted by Crippen LogP contribution is -2.27. The maximum Gasteiger partial charge on any atom is 0.341 e. The van der Waals surface area contributed by atoms with Crippen LogP contribution in [-0.2, 0) is 9.59 Å². The fourth-order valence-electron chi connectivity index (χ4n) is 2.03. The number of nitrogens with zero attached hydrogens (tertiary/aromatic N) is 1. The summed E-state index contributed by atoms with van der Waals surface area (Å²) in [6, 6.07) is 3.02. The van der Waals surface area contributed by atoms with Crippen molar-refractivity contribution >= 4 is 46.6 Å². The summed E-state index contributed by atoms with van der Waals surface area (Å²) in [7, 11) is 1.38. The van der Waals surface area contributed by atoms with E-state index in [0.29, 0.717) is 5.56 Å². The number of ether oxygens (including phenoxy) is 2. The molecule has 1 saturated heterocycles. The first-order chi connectivity index (χ1) is 11.9. The number of halogens is 1. The van der Waals surface area contributed by atoms with Gasteiger partial charge in [-0.2, -0.15) is 0 Å². The highest BCUT2D eigenvalue weighted by atomic mass is 35.5. The molecule has 2 amide bonds. The molecular formula is C16H14ClNO6S. The van der Waals surface area contributed by atoms with Gasteiger partial charge in [-0.05, 0) is 35.5 Å². The molecule has 0 atom stereocenters. The molecule has 0 unspecified atom stereocenters. The van der Waals surface area contributed by atoms with Crippen LogP contribution in [0.1, 0.15) is 5.56 Å². The highest BCUT2D eigenvalue weighted by Gasteiger charge is 2.34. The third-order valence-corrected chi connectivity index (χ3v) is 4.26. The predicted molar refractivity (Wildman–Crippen MR) is 94.0 cm³/mol. The van der Waals surface area contributed by atoms with Gasteiger partial charge in [-0.25, -0.2) is 4.79 Å². The molecule has 0 aromatic heterocycles. The van der Waals surface area contributed by atoms with E-state index in [1.807, 2.05) is 0 Å². The lowest BCUT2D eigenvalue weighted by molar-refractivity contribution is -0.139. The van der Waals surface area contributed by atoms with Crippen LogP contribution in [0.15, 0.2) is 29.7 Å². The summed E-state index contributed by atoms with van der Waals surface area (Å²) < 4.78 is 10.3. The number of carbonyl (C=O) groups is 3. The van der Waals surface area contributed by atoms with Gasteiger partial charge in [-0.1, -0.05) is 17.7 Å². The van der Waals surface area contributed by atoms with Crippen LogP contribution in [0.25, 0.3) is 6.08 Å². The van der Waals surface area contributed by atoms with Crippen LogP contribution in [0.4, 0.5) is 4.79 Å². The van der Waals surface area contributed by atoms with Crippen LogP contribution < -0.4 is 9.47 Å². The zero-order valence-corrected chi connectivity index (χ0v) is 14.7. The summed E-state index contributed by atoms with van der Waals surface area (Å²) in [5.41, 5.74) is 0.508. The topological polar surface area (TPSA) is 93.1 Å². The van der Waals surface area contributed by atoms with Crippen LogP contribution in [0.5, 0.6) is 11.5 Å². The van der Waals surface area contributed by atoms with Gasteiger partial charge in [0.15, 0.2) is 18.1 Å². The van der Waals surface area contributed by atoms with Gasteiger partial charge in [0.2, 0.25) is 0 Å². The molecular weight excluding hydrogens is 370 g/mol. The largest absolute Gasteiger partial charge is 0.493 e. The van der Waals surface area contributed by atoms with Crippen LogP contribution in [0.2, 0.25) is 5.02 Å². The second-order valence-corrected chi connectivity index (χ2v) is 6.20. The molecule has 25 heavy (non-hydrogen) atoms. The first kappa shape index (κ1) is 18.9. The zero-order valence-electron chi connectivity index (χ0n) is 13.2. The number of imide groups is 1. The van der Waals surface area contributed by atoms with Gasteiger partial charge in [-0.15, -0.1) is 6.58 Å². The average Bonchev–Trinajstić information content (AvgIpc) is 2.81. The Morgan fingerprint density at radius 2 is 2.16 bits per heavy atom. The SMILES string of the molecule is C=CCN1C(=O)SC(=Cc2cc(Cl)c(OCC(=O)O)c(OC)c2)C1=O. The third kappa shape index (κ3) is 4.34. The first-order valence-corrected chi connectivity index (χ1v) is 8.15. The highest BCUT2D eigenvalue weighted by Crippen LogP contribution is 2.38. The van der Waals surface area contributed by atoms with Crippen LogP contribution in [0.3, 0.4) is 0 Å². The zero-order chi connectivity index (χ0) is 18.6. The molecule has 0 bridgehead atoms. The quantitative estimate of drug-likeness (QED) is 0.571. The standard InChI is InChI=1S/C16H14ClNO6S/c1-3-4-18-15(21)12(25-16(18)22)7-9-5-10(17)14(11(6-9)23-2)24-8-13(19)20/h3,5-7H,1,4,8H2,2H3,(H,19,20). The molecule has 7 nitrogen and oxygen atoms in total. The summed E-state index contributed by atoms with van der Waals surface area (Å²) in [5.74, 6) is -1.27. The van der Waals surface area contributed by atoms with Gasteiger partial charge >= 0.3 is 5.97 Å². The number of amides is 2. The van der Waals surface area contributed by atoms with Crippen molar-refractivity contribution in [3.05, 3.63) is 40.3 Å². The van der Waals surface area contributed by atoms with E-state index in [4.69, 9.17) is 26.2 Å². The van der Waals surface area contributed by atoms with E-state index in [1.54, 1.807) is 0 Å². The van der Waals surface area contributed by atoms with E-state index < -0.39 is 18.5 Å². The number of methoxy groups -OCH3 is 1. The molecule has 0 radical (unpaired) electrons. The Morgan fingerprint density at radius 1 is 1.44 bits per heavy atom. The molecule has 2 rings (SSSR count). The number of benzene rings is 1. The molecule has 0 saturated carbocycles. The molecule has 132 valence electrons. The molecule has 1 fully saturated rings. The van der Waals surface area contributed by atoms with Crippen molar-refractivity contribution in [2.45, 2.75) is 0 Å². The molecule has 1 aromatic carbocycles. The molecule has 1 aliphatic heterocycles. The minimum Gasteiger partial charge on any atom is -0.493 e. The number of carbonyl (C=O) groups excluding carboxylic acids is 2. The van der Waals surface area contributed by atoms with E-state index in [0.717, 1.165) is 16.7 Å². The van der Waals surface area contributed by atoms with Gasteiger partial charge in [-0.3, -0.25) is 14.5 Å². The van der Waals surface area contributed by atoms with Crippen molar-refractivity contribution in [1.29, 1.82) is 0 Å². The van der Waals surface area contributed by atoms with E-state index in [1.165, 1.54) is 31.4 Å². The molecule has 0 spiro atoms. The minimum atomic E-state index is -1.15. The Hall–Kier alpha value is -2.45. The Labute approximate surface area is 152 Å². The van der Waals surface area contributed by atoms with E-state index >= 15 is 0 Å². The second-order valence-electron chi connectivity index (χ2n) is 4.80. The molecule has 9 heteroatoms. The summed E-state index contributed by atoms with van der Waals surface area (Å²) >= 11 is 6.93. The number of thioether (sulfide) groups is 1. The van der Waals surface area contributed by atoms with E-state index in [-0.39, 0.29) is 33.2 Å². The number of carboxylic acid groups (broad SMARTS) is 1. The summed E-state index contributed by atoms with van der Waals surface area (Å²) in [5, 5.41) is 8.44. The minimum absolute atomic E-state index is 0.0866. The lowest BCUT2D eigenvalue weighted by Gasteiger charge is -2.12. The average molecular weight is 384 g/mol. The monoisotopic (exact) mass is 383 g/mol.